The van der Waals surface area contributed by atoms with Crippen molar-refractivity contribution in [3.05, 3.63) is 32.6 Å². The molecule has 0 aromatic carbocycles. The number of rotatable bonds is 3. The normalized spacial score (nSPS) is 22.0. The summed E-state index contributed by atoms with van der Waals surface area (Å²) >= 11 is 0. The molecular weight excluding hydrogens is 274 g/mol. The highest BCUT2D eigenvalue weighted by Crippen LogP contribution is 2.25. The fourth-order valence-electron chi connectivity index (χ4n) is 2.13. The van der Waals surface area contributed by atoms with E-state index in [-0.39, 0.29) is 18.2 Å². The summed E-state index contributed by atoms with van der Waals surface area (Å²) in [5, 5.41) is 10.7. The summed E-state index contributed by atoms with van der Waals surface area (Å²) in [5.41, 5.74) is -0.801. The molecule has 2 rings (SSSR count). The first-order valence-corrected chi connectivity index (χ1v) is 6.91. The van der Waals surface area contributed by atoms with Crippen LogP contribution in [0.3, 0.4) is 0 Å². The van der Waals surface area contributed by atoms with Crippen LogP contribution in [-0.4, -0.2) is 39.4 Å². The molecule has 7 heteroatoms. The van der Waals surface area contributed by atoms with E-state index in [1.807, 2.05) is 6.92 Å². The molecule has 1 saturated heterocycles. The minimum atomic E-state index is -0.553. The van der Waals surface area contributed by atoms with Crippen LogP contribution < -0.4 is 11.2 Å². The number of aromatic amines is 1. The largest absolute Gasteiger partial charge is 0.395 e. The molecular formula is C14H19N3O4. The smallest absolute Gasteiger partial charge is 0.330 e. The van der Waals surface area contributed by atoms with Crippen molar-refractivity contribution in [1.82, 2.24) is 14.6 Å². The number of aliphatic hydroxyl groups excluding tert-OH is 1. The van der Waals surface area contributed by atoms with Crippen molar-refractivity contribution in [2.75, 3.05) is 13.7 Å². The van der Waals surface area contributed by atoms with E-state index in [1.165, 1.54) is 15.8 Å². The van der Waals surface area contributed by atoms with Crippen LogP contribution in [0, 0.1) is 11.8 Å². The number of hydroxylamine groups is 2. The minimum absolute atomic E-state index is 0.0612. The third-order valence-corrected chi connectivity index (χ3v) is 3.36. The number of unbranched alkanes of at least 4 members (excludes halogenated alkanes) is 1. The second kappa shape index (κ2) is 6.72. The number of hydrogen-bond acceptors (Lipinski definition) is 5. The first-order valence-electron chi connectivity index (χ1n) is 6.91. The van der Waals surface area contributed by atoms with Gasteiger partial charge >= 0.3 is 5.69 Å². The van der Waals surface area contributed by atoms with Crippen molar-refractivity contribution >= 4 is 0 Å². The molecule has 1 aromatic rings. The molecule has 114 valence electrons. The Bertz CT molecular complexity index is 667. The van der Waals surface area contributed by atoms with Crippen LogP contribution in [0.1, 0.15) is 38.0 Å². The Hall–Kier alpha value is -1.88. The molecule has 1 fully saturated rings. The third kappa shape index (κ3) is 3.42. The Morgan fingerprint density at radius 1 is 1.52 bits per heavy atom. The highest BCUT2D eigenvalue weighted by Gasteiger charge is 2.32. The molecule has 0 saturated carbocycles. The summed E-state index contributed by atoms with van der Waals surface area (Å²) in [6.45, 7) is 1.94. The van der Waals surface area contributed by atoms with E-state index in [9.17, 15) is 14.7 Å². The molecule has 0 radical (unpaired) electrons. The minimum Gasteiger partial charge on any atom is -0.395 e. The van der Waals surface area contributed by atoms with Crippen LogP contribution in [0.25, 0.3) is 0 Å². The standard InChI is InChI=1S/C14H19N3O4/c1-3-4-5-6-10-8-17(14(20)15-13(10)19)12-7-11(9-18)16(2)21-12/h8,11-12,18H,3-4,7,9H2,1-2H3,(H,15,19,20)/t11-,12+/m1/s1. The average Bonchev–Trinajstić information content (AvgIpc) is 2.82. The number of aliphatic hydroxyl groups is 1. The van der Waals surface area contributed by atoms with Crippen molar-refractivity contribution in [3.8, 4) is 11.8 Å². The van der Waals surface area contributed by atoms with E-state index in [2.05, 4.69) is 16.8 Å². The topological polar surface area (TPSA) is 87.6 Å². The molecule has 21 heavy (non-hydrogen) atoms. The average molecular weight is 293 g/mol. The fourth-order valence-corrected chi connectivity index (χ4v) is 2.13. The molecule has 1 aliphatic heterocycles. The maximum atomic E-state index is 11.9. The van der Waals surface area contributed by atoms with Gasteiger partial charge in [-0.1, -0.05) is 18.8 Å². The lowest BCUT2D eigenvalue weighted by Crippen LogP contribution is -2.33. The van der Waals surface area contributed by atoms with Crippen molar-refractivity contribution < 1.29 is 9.94 Å². The van der Waals surface area contributed by atoms with Gasteiger partial charge in [0.25, 0.3) is 5.56 Å². The van der Waals surface area contributed by atoms with E-state index in [4.69, 9.17) is 4.84 Å². The first kappa shape index (κ1) is 15.5. The third-order valence-electron chi connectivity index (χ3n) is 3.36. The molecule has 0 aliphatic carbocycles. The lowest BCUT2D eigenvalue weighted by atomic mass is 10.2. The van der Waals surface area contributed by atoms with E-state index >= 15 is 0 Å². The predicted molar refractivity (Wildman–Crippen MR) is 76.5 cm³/mol. The van der Waals surface area contributed by atoms with E-state index in [0.29, 0.717) is 12.8 Å². The molecule has 2 N–H and O–H groups in total. The maximum Gasteiger partial charge on any atom is 0.330 e. The van der Waals surface area contributed by atoms with Gasteiger partial charge in [0.05, 0.1) is 12.6 Å². The number of hydrogen-bond donors (Lipinski definition) is 2. The molecule has 0 bridgehead atoms. The Labute approximate surface area is 122 Å². The zero-order chi connectivity index (χ0) is 15.4. The zero-order valence-corrected chi connectivity index (χ0v) is 12.1. The molecule has 0 amide bonds. The number of aromatic nitrogens is 2. The summed E-state index contributed by atoms with van der Waals surface area (Å²) in [6, 6.07) is -0.177. The Morgan fingerprint density at radius 3 is 2.90 bits per heavy atom. The van der Waals surface area contributed by atoms with Gasteiger partial charge in [-0.25, -0.2) is 4.79 Å². The van der Waals surface area contributed by atoms with Gasteiger partial charge in [-0.2, -0.15) is 5.06 Å². The first-order chi connectivity index (χ1) is 10.1. The summed E-state index contributed by atoms with van der Waals surface area (Å²) < 4.78 is 1.31. The second-order valence-electron chi connectivity index (χ2n) is 4.94. The summed E-state index contributed by atoms with van der Waals surface area (Å²) in [6.07, 6.45) is 2.92. The van der Waals surface area contributed by atoms with Gasteiger partial charge in [-0.15, -0.1) is 0 Å². The van der Waals surface area contributed by atoms with Crippen molar-refractivity contribution in [3.63, 3.8) is 0 Å². The molecule has 0 unspecified atom stereocenters. The van der Waals surface area contributed by atoms with Crippen LogP contribution in [0.4, 0.5) is 0 Å². The molecule has 2 heterocycles. The highest BCUT2D eigenvalue weighted by atomic mass is 16.7. The quantitative estimate of drug-likeness (QED) is 0.755. The fraction of sp³-hybridized carbons (Fsp3) is 0.571. The summed E-state index contributed by atoms with van der Waals surface area (Å²) in [5.74, 6) is 5.65. The van der Waals surface area contributed by atoms with Crippen LogP contribution in [0.5, 0.6) is 0 Å². The van der Waals surface area contributed by atoms with Crippen LogP contribution in [0.2, 0.25) is 0 Å². The van der Waals surface area contributed by atoms with Gasteiger partial charge < -0.3 is 5.11 Å². The van der Waals surface area contributed by atoms with Crippen molar-refractivity contribution in [1.29, 1.82) is 0 Å². The molecule has 0 spiro atoms. The van der Waals surface area contributed by atoms with Gasteiger partial charge in [0, 0.05) is 26.1 Å². The summed E-state index contributed by atoms with van der Waals surface area (Å²) in [4.78, 5) is 31.4. The molecule has 7 nitrogen and oxygen atoms in total. The van der Waals surface area contributed by atoms with Gasteiger partial charge in [-0.3, -0.25) is 19.2 Å². The highest BCUT2D eigenvalue weighted by molar-refractivity contribution is 5.29. The lowest BCUT2D eigenvalue weighted by molar-refractivity contribution is -0.170. The van der Waals surface area contributed by atoms with Gasteiger partial charge in [0.2, 0.25) is 0 Å². The Kier molecular flexibility index (Phi) is 4.96. The van der Waals surface area contributed by atoms with Gasteiger partial charge in [0.15, 0.2) is 6.23 Å². The molecule has 2 atom stereocenters. The van der Waals surface area contributed by atoms with Crippen molar-refractivity contribution in [2.24, 2.45) is 0 Å². The van der Waals surface area contributed by atoms with E-state index in [0.717, 1.165) is 6.42 Å². The number of likely N-dealkylation sites (N-methyl/N-ethyl adjacent to an activating group) is 1. The Balaban J connectivity index is 2.33. The van der Waals surface area contributed by atoms with Crippen LogP contribution in [0.15, 0.2) is 15.8 Å². The van der Waals surface area contributed by atoms with Gasteiger partial charge in [-0.05, 0) is 6.42 Å². The molecule has 1 aromatic heterocycles. The van der Waals surface area contributed by atoms with Gasteiger partial charge in [0.1, 0.15) is 5.56 Å². The van der Waals surface area contributed by atoms with E-state index < -0.39 is 17.5 Å². The zero-order valence-electron chi connectivity index (χ0n) is 12.1. The maximum absolute atomic E-state index is 11.9. The number of H-pyrrole nitrogens is 1. The number of nitrogens with zero attached hydrogens (tertiary/aromatic N) is 2. The predicted octanol–water partition coefficient (Wildman–Crippen LogP) is -0.185. The lowest BCUT2D eigenvalue weighted by Gasteiger charge is -2.15. The summed E-state index contributed by atoms with van der Waals surface area (Å²) in [7, 11) is 1.69. The van der Waals surface area contributed by atoms with Crippen LogP contribution >= 0.6 is 0 Å². The Morgan fingerprint density at radius 2 is 2.29 bits per heavy atom. The number of nitrogens with one attached hydrogen (secondary N) is 1. The SMILES string of the molecule is CCCC#Cc1cn([C@@H]2C[C@H](CO)N(C)O2)c(=O)[nH]c1=O. The van der Waals surface area contributed by atoms with Crippen LogP contribution in [-0.2, 0) is 4.84 Å². The van der Waals surface area contributed by atoms with E-state index in [1.54, 1.807) is 7.05 Å². The molecule has 1 aliphatic rings. The van der Waals surface area contributed by atoms with Crippen molar-refractivity contribution in [2.45, 2.75) is 38.5 Å². The second-order valence-corrected chi connectivity index (χ2v) is 4.94. The monoisotopic (exact) mass is 293 g/mol.